The lowest BCUT2D eigenvalue weighted by Gasteiger charge is -2.17. The summed E-state index contributed by atoms with van der Waals surface area (Å²) in [6.07, 6.45) is 2.08. The summed E-state index contributed by atoms with van der Waals surface area (Å²) in [5, 5.41) is 15.4. The highest BCUT2D eigenvalue weighted by Gasteiger charge is 2.16. The summed E-state index contributed by atoms with van der Waals surface area (Å²) in [6.45, 7) is 6.00. The fraction of sp³-hybridized carbons (Fsp3) is 0.500. The lowest BCUT2D eigenvalue weighted by Crippen LogP contribution is -2.21. The van der Waals surface area contributed by atoms with Crippen molar-refractivity contribution in [2.24, 2.45) is 0 Å². The molecule has 0 bridgehead atoms. The summed E-state index contributed by atoms with van der Waals surface area (Å²) < 4.78 is 1.93. The Balaban J connectivity index is 2.17. The second-order valence-electron chi connectivity index (χ2n) is 4.55. The third-order valence-corrected chi connectivity index (χ3v) is 3.14. The van der Waals surface area contributed by atoms with Gasteiger partial charge in [0.25, 0.3) is 0 Å². The Kier molecular flexibility index (Phi) is 5.03. The van der Waals surface area contributed by atoms with Gasteiger partial charge in [-0.15, -0.1) is 5.10 Å². The smallest absolute Gasteiger partial charge is 0.165 e. The Bertz CT molecular complexity index is 480. The molecule has 0 amide bonds. The van der Waals surface area contributed by atoms with Crippen molar-refractivity contribution < 1.29 is 0 Å². The van der Waals surface area contributed by atoms with Crippen LogP contribution in [-0.4, -0.2) is 26.8 Å². The number of nitrogens with one attached hydrogen (secondary N) is 1. The summed E-state index contributed by atoms with van der Waals surface area (Å²) in [4.78, 5) is 0. The van der Waals surface area contributed by atoms with Crippen LogP contribution in [0.15, 0.2) is 30.3 Å². The average molecular weight is 259 g/mol. The first kappa shape index (κ1) is 13.7. The van der Waals surface area contributed by atoms with Gasteiger partial charge < -0.3 is 5.32 Å². The number of benzene rings is 1. The summed E-state index contributed by atoms with van der Waals surface area (Å²) in [5.41, 5.74) is 1.24. The van der Waals surface area contributed by atoms with E-state index < -0.39 is 0 Å². The van der Waals surface area contributed by atoms with Gasteiger partial charge in [-0.2, -0.15) is 0 Å². The first-order valence-electron chi connectivity index (χ1n) is 6.89. The van der Waals surface area contributed by atoms with Crippen molar-refractivity contribution in [1.82, 2.24) is 25.5 Å². The number of aromatic nitrogens is 4. The zero-order valence-electron chi connectivity index (χ0n) is 11.6. The molecular formula is C14H21N5. The first-order chi connectivity index (χ1) is 9.36. The predicted molar refractivity (Wildman–Crippen MR) is 74.7 cm³/mol. The highest BCUT2D eigenvalue weighted by molar-refractivity contribution is 5.19. The summed E-state index contributed by atoms with van der Waals surface area (Å²) in [7, 11) is 0. The van der Waals surface area contributed by atoms with E-state index in [0.717, 1.165) is 25.2 Å². The van der Waals surface area contributed by atoms with Crippen molar-refractivity contribution in [2.45, 2.75) is 39.3 Å². The molecule has 0 aliphatic heterocycles. The van der Waals surface area contributed by atoms with Crippen molar-refractivity contribution in [3.63, 3.8) is 0 Å². The molecule has 0 spiro atoms. The zero-order valence-corrected chi connectivity index (χ0v) is 11.6. The molecule has 1 unspecified atom stereocenters. The molecule has 2 aromatic rings. The molecule has 5 nitrogen and oxygen atoms in total. The van der Waals surface area contributed by atoms with Gasteiger partial charge in [0.05, 0.1) is 12.6 Å². The molecule has 102 valence electrons. The van der Waals surface area contributed by atoms with Gasteiger partial charge in [0.2, 0.25) is 0 Å². The van der Waals surface area contributed by atoms with E-state index in [4.69, 9.17) is 0 Å². The van der Waals surface area contributed by atoms with E-state index in [-0.39, 0.29) is 6.04 Å². The van der Waals surface area contributed by atoms with Gasteiger partial charge >= 0.3 is 0 Å². The SMILES string of the molecule is CCCNCc1nnnn1C(CC)c1ccccc1. The van der Waals surface area contributed by atoms with Crippen molar-refractivity contribution in [3.8, 4) is 0 Å². The van der Waals surface area contributed by atoms with Crippen LogP contribution in [0.5, 0.6) is 0 Å². The minimum atomic E-state index is 0.203. The van der Waals surface area contributed by atoms with E-state index in [1.54, 1.807) is 0 Å². The largest absolute Gasteiger partial charge is 0.310 e. The molecule has 0 aliphatic carbocycles. The van der Waals surface area contributed by atoms with E-state index in [0.29, 0.717) is 6.54 Å². The zero-order chi connectivity index (χ0) is 13.5. The predicted octanol–water partition coefficient (Wildman–Crippen LogP) is 2.17. The second-order valence-corrected chi connectivity index (χ2v) is 4.55. The maximum Gasteiger partial charge on any atom is 0.165 e. The summed E-state index contributed by atoms with van der Waals surface area (Å²) in [6, 6.07) is 10.6. The van der Waals surface area contributed by atoms with Gasteiger partial charge in [-0.1, -0.05) is 44.2 Å². The standard InChI is InChI=1S/C14H21N5/c1-3-10-15-11-14-16-17-18-19(14)13(4-2)12-8-6-5-7-9-12/h5-9,13,15H,3-4,10-11H2,1-2H3. The molecule has 0 fully saturated rings. The number of tetrazole rings is 1. The molecule has 19 heavy (non-hydrogen) atoms. The molecular weight excluding hydrogens is 238 g/mol. The van der Waals surface area contributed by atoms with Crippen LogP contribution in [0.1, 0.15) is 44.1 Å². The molecule has 0 aliphatic rings. The molecule has 0 saturated heterocycles. The maximum atomic E-state index is 4.16. The van der Waals surface area contributed by atoms with Gasteiger partial charge in [-0.05, 0) is 35.4 Å². The fourth-order valence-corrected chi connectivity index (χ4v) is 2.17. The van der Waals surface area contributed by atoms with E-state index in [2.05, 4.69) is 59.0 Å². The van der Waals surface area contributed by atoms with E-state index in [1.807, 2.05) is 10.7 Å². The summed E-state index contributed by atoms with van der Waals surface area (Å²) in [5.74, 6) is 0.893. The van der Waals surface area contributed by atoms with Crippen LogP contribution < -0.4 is 5.32 Å². The Labute approximate surface area is 114 Å². The van der Waals surface area contributed by atoms with Crippen LogP contribution in [0.2, 0.25) is 0 Å². The van der Waals surface area contributed by atoms with Crippen LogP contribution in [0.4, 0.5) is 0 Å². The highest BCUT2D eigenvalue weighted by atomic mass is 15.6. The Hall–Kier alpha value is -1.75. The van der Waals surface area contributed by atoms with E-state index >= 15 is 0 Å². The van der Waals surface area contributed by atoms with Gasteiger partial charge in [-0.25, -0.2) is 4.68 Å². The molecule has 0 saturated carbocycles. The van der Waals surface area contributed by atoms with Crippen LogP contribution in [0.3, 0.4) is 0 Å². The normalized spacial score (nSPS) is 12.5. The monoisotopic (exact) mass is 259 g/mol. The van der Waals surface area contributed by atoms with Crippen LogP contribution in [0.25, 0.3) is 0 Å². The van der Waals surface area contributed by atoms with Gasteiger partial charge in [-0.3, -0.25) is 0 Å². The van der Waals surface area contributed by atoms with Crippen molar-refractivity contribution in [3.05, 3.63) is 41.7 Å². The second kappa shape index (κ2) is 6.99. The maximum absolute atomic E-state index is 4.16. The first-order valence-corrected chi connectivity index (χ1v) is 6.89. The van der Waals surface area contributed by atoms with Crippen LogP contribution in [0, 0.1) is 0 Å². The Morgan fingerprint density at radius 2 is 2.00 bits per heavy atom. The Morgan fingerprint density at radius 3 is 2.68 bits per heavy atom. The van der Waals surface area contributed by atoms with Gasteiger partial charge in [0.15, 0.2) is 5.82 Å². The molecule has 1 aromatic carbocycles. The lowest BCUT2D eigenvalue weighted by atomic mass is 10.1. The highest BCUT2D eigenvalue weighted by Crippen LogP contribution is 2.21. The minimum absolute atomic E-state index is 0.203. The molecule has 5 heteroatoms. The van der Waals surface area contributed by atoms with Gasteiger partial charge in [0.1, 0.15) is 0 Å². The van der Waals surface area contributed by atoms with Crippen LogP contribution >= 0.6 is 0 Å². The number of hydrogen-bond acceptors (Lipinski definition) is 4. The quantitative estimate of drug-likeness (QED) is 0.774. The molecule has 1 atom stereocenters. The number of hydrogen-bond donors (Lipinski definition) is 1. The van der Waals surface area contributed by atoms with Crippen molar-refractivity contribution >= 4 is 0 Å². The average Bonchev–Trinajstić information content (AvgIpc) is 2.90. The Morgan fingerprint density at radius 1 is 1.21 bits per heavy atom. The van der Waals surface area contributed by atoms with Crippen molar-refractivity contribution in [2.75, 3.05) is 6.54 Å². The molecule has 1 heterocycles. The number of rotatable bonds is 7. The van der Waals surface area contributed by atoms with Gasteiger partial charge in [0, 0.05) is 0 Å². The third kappa shape index (κ3) is 3.38. The molecule has 0 radical (unpaired) electrons. The molecule has 1 aromatic heterocycles. The summed E-state index contributed by atoms with van der Waals surface area (Å²) >= 11 is 0. The topological polar surface area (TPSA) is 55.6 Å². The van der Waals surface area contributed by atoms with Crippen molar-refractivity contribution in [1.29, 1.82) is 0 Å². The molecule has 2 rings (SSSR count). The number of nitrogens with zero attached hydrogens (tertiary/aromatic N) is 4. The third-order valence-electron chi connectivity index (χ3n) is 3.14. The van der Waals surface area contributed by atoms with E-state index in [1.165, 1.54) is 5.56 Å². The molecule has 1 N–H and O–H groups in total. The van der Waals surface area contributed by atoms with E-state index in [9.17, 15) is 0 Å². The lowest BCUT2D eigenvalue weighted by molar-refractivity contribution is 0.465. The van der Waals surface area contributed by atoms with Crippen LogP contribution in [-0.2, 0) is 6.54 Å². The fourth-order valence-electron chi connectivity index (χ4n) is 2.17. The minimum Gasteiger partial charge on any atom is -0.310 e.